The topological polar surface area (TPSA) is 62.2 Å². The first-order valence-corrected chi connectivity index (χ1v) is 9.08. The number of hydrogen-bond acceptors (Lipinski definition) is 4. The Bertz CT molecular complexity index is 856. The number of hydrogen-bond donors (Lipinski definition) is 2. The van der Waals surface area contributed by atoms with E-state index in [1.54, 1.807) is 23.5 Å². The lowest BCUT2D eigenvalue weighted by Gasteiger charge is -2.07. The molecule has 3 aromatic rings. The lowest BCUT2D eigenvalue weighted by atomic mass is 10.1. The lowest BCUT2D eigenvalue weighted by molar-refractivity contribution is 0.0953. The minimum atomic E-state index is -0.0687. The largest absolute Gasteiger partial charge is 0.508 e. The van der Waals surface area contributed by atoms with Crippen molar-refractivity contribution in [1.29, 1.82) is 0 Å². The summed E-state index contributed by atoms with van der Waals surface area (Å²) in [6, 6.07) is 14.7. The number of amides is 1. The van der Waals surface area contributed by atoms with Crippen molar-refractivity contribution in [1.82, 2.24) is 10.3 Å². The average Bonchev–Trinajstić information content (AvgIpc) is 3.07. The van der Waals surface area contributed by atoms with Crippen LogP contribution < -0.4 is 5.32 Å². The second kappa shape index (κ2) is 7.94. The lowest BCUT2D eigenvalue weighted by Crippen LogP contribution is -2.24. The Labute approximate surface area is 151 Å². The Morgan fingerprint density at radius 2 is 2.00 bits per heavy atom. The summed E-state index contributed by atoms with van der Waals surface area (Å²) >= 11 is 1.58. The van der Waals surface area contributed by atoms with Gasteiger partial charge >= 0.3 is 0 Å². The van der Waals surface area contributed by atoms with Crippen molar-refractivity contribution in [3.8, 4) is 16.3 Å². The number of nitrogens with zero attached hydrogens (tertiary/aromatic N) is 1. The Morgan fingerprint density at radius 3 is 2.72 bits per heavy atom. The molecule has 0 aliphatic heterocycles. The van der Waals surface area contributed by atoms with E-state index in [9.17, 15) is 9.90 Å². The van der Waals surface area contributed by atoms with Crippen LogP contribution in [0.4, 0.5) is 0 Å². The van der Waals surface area contributed by atoms with E-state index in [0.717, 1.165) is 34.7 Å². The summed E-state index contributed by atoms with van der Waals surface area (Å²) in [7, 11) is 0. The molecule has 0 spiro atoms. The quantitative estimate of drug-likeness (QED) is 0.654. The van der Waals surface area contributed by atoms with Gasteiger partial charge in [0.05, 0.1) is 0 Å². The predicted octanol–water partition coefficient (Wildman–Crippen LogP) is 4.19. The molecule has 1 aromatic heterocycles. The third-order valence-corrected chi connectivity index (χ3v) is 4.86. The van der Waals surface area contributed by atoms with Crippen LogP contribution in [0.25, 0.3) is 10.6 Å². The van der Waals surface area contributed by atoms with Crippen LogP contribution >= 0.6 is 11.3 Å². The molecule has 25 heavy (non-hydrogen) atoms. The van der Waals surface area contributed by atoms with Gasteiger partial charge in [-0.15, -0.1) is 11.3 Å². The minimum Gasteiger partial charge on any atom is -0.508 e. The zero-order valence-electron chi connectivity index (χ0n) is 14.0. The number of carbonyl (C=O) groups excluding carboxylic acids is 1. The molecule has 0 aliphatic rings. The van der Waals surface area contributed by atoms with E-state index in [1.165, 1.54) is 0 Å². The van der Waals surface area contributed by atoms with Gasteiger partial charge in [-0.3, -0.25) is 4.79 Å². The highest BCUT2D eigenvalue weighted by molar-refractivity contribution is 7.13. The Morgan fingerprint density at radius 1 is 1.20 bits per heavy atom. The predicted molar refractivity (Wildman–Crippen MR) is 101 cm³/mol. The molecule has 0 saturated heterocycles. The number of aromatic hydroxyl groups is 1. The van der Waals surface area contributed by atoms with Crippen molar-refractivity contribution >= 4 is 17.2 Å². The van der Waals surface area contributed by atoms with Crippen LogP contribution in [-0.2, 0) is 6.42 Å². The molecule has 0 fully saturated rings. The number of benzene rings is 2. The minimum absolute atomic E-state index is 0.0687. The highest BCUT2D eigenvalue weighted by Gasteiger charge is 2.08. The Hall–Kier alpha value is -2.66. The maximum absolute atomic E-state index is 12.3. The summed E-state index contributed by atoms with van der Waals surface area (Å²) in [5.74, 6) is 0.202. The van der Waals surface area contributed by atoms with Gasteiger partial charge in [-0.1, -0.05) is 24.3 Å². The maximum Gasteiger partial charge on any atom is 0.251 e. The van der Waals surface area contributed by atoms with Gasteiger partial charge in [-0.2, -0.15) is 0 Å². The molecule has 5 heteroatoms. The Balaban J connectivity index is 1.53. The molecular weight excluding hydrogens is 332 g/mol. The van der Waals surface area contributed by atoms with Gasteiger partial charge in [0.2, 0.25) is 0 Å². The van der Waals surface area contributed by atoms with Crippen molar-refractivity contribution in [2.75, 3.05) is 6.54 Å². The van der Waals surface area contributed by atoms with Gasteiger partial charge in [-0.25, -0.2) is 4.98 Å². The van der Waals surface area contributed by atoms with Crippen LogP contribution in [0.5, 0.6) is 5.75 Å². The normalized spacial score (nSPS) is 10.6. The number of phenols is 1. The second-order valence-electron chi connectivity index (χ2n) is 5.90. The monoisotopic (exact) mass is 352 g/mol. The fourth-order valence-corrected chi connectivity index (χ4v) is 3.33. The molecule has 0 radical (unpaired) electrons. The first kappa shape index (κ1) is 17.2. The molecule has 2 aromatic carbocycles. The molecule has 0 bridgehead atoms. The summed E-state index contributed by atoms with van der Waals surface area (Å²) in [5.41, 5.74) is 3.75. The summed E-state index contributed by atoms with van der Waals surface area (Å²) in [5, 5.41) is 15.2. The first-order chi connectivity index (χ1) is 12.1. The van der Waals surface area contributed by atoms with Crippen LogP contribution in [0.2, 0.25) is 0 Å². The summed E-state index contributed by atoms with van der Waals surface area (Å²) in [6.45, 7) is 2.57. The van der Waals surface area contributed by atoms with Crippen LogP contribution in [0.15, 0.2) is 53.9 Å². The van der Waals surface area contributed by atoms with E-state index in [1.807, 2.05) is 48.7 Å². The number of aryl methyl sites for hydroxylation is 2. The molecule has 2 N–H and O–H groups in total. The van der Waals surface area contributed by atoms with Gasteiger partial charge < -0.3 is 10.4 Å². The highest BCUT2D eigenvalue weighted by atomic mass is 32.1. The fraction of sp³-hybridized carbons (Fsp3) is 0.200. The summed E-state index contributed by atoms with van der Waals surface area (Å²) in [6.07, 6.45) is 1.71. The molecule has 0 atom stereocenters. The van der Waals surface area contributed by atoms with Crippen LogP contribution in [0.3, 0.4) is 0 Å². The van der Waals surface area contributed by atoms with Crippen molar-refractivity contribution < 1.29 is 9.90 Å². The van der Waals surface area contributed by atoms with Crippen molar-refractivity contribution in [3.05, 3.63) is 70.7 Å². The molecule has 4 nitrogen and oxygen atoms in total. The summed E-state index contributed by atoms with van der Waals surface area (Å²) in [4.78, 5) is 16.8. The molecule has 0 unspecified atom stereocenters. The smallest absolute Gasteiger partial charge is 0.251 e. The Kier molecular flexibility index (Phi) is 5.46. The summed E-state index contributed by atoms with van der Waals surface area (Å²) < 4.78 is 0. The number of phenolic OH excluding ortho intramolecular Hbond substituents is 1. The van der Waals surface area contributed by atoms with Gasteiger partial charge in [0.1, 0.15) is 10.8 Å². The van der Waals surface area contributed by atoms with Crippen molar-refractivity contribution in [3.63, 3.8) is 0 Å². The molecule has 0 saturated carbocycles. The fourth-order valence-electron chi connectivity index (χ4n) is 2.54. The van der Waals surface area contributed by atoms with Gasteiger partial charge in [-0.05, 0) is 49.6 Å². The number of aromatic nitrogens is 1. The highest BCUT2D eigenvalue weighted by Crippen LogP contribution is 2.24. The van der Waals surface area contributed by atoms with Crippen molar-refractivity contribution in [2.24, 2.45) is 0 Å². The van der Waals surface area contributed by atoms with Crippen LogP contribution in [0, 0.1) is 6.92 Å². The standard InChI is InChI=1S/C20H20N2O2S/c1-14-13-25-20(22-14)17-6-2-5-16(12-17)19(24)21-11-3-4-15-7-9-18(23)10-8-15/h2,5-10,12-13,23H,3-4,11H2,1H3,(H,21,24). The van der Waals surface area contributed by atoms with Gasteiger partial charge in [0.25, 0.3) is 5.91 Å². The molecule has 0 aliphatic carbocycles. The van der Waals surface area contributed by atoms with Crippen LogP contribution in [0.1, 0.15) is 28.0 Å². The number of rotatable bonds is 6. The molecular formula is C20H20N2O2S. The zero-order valence-corrected chi connectivity index (χ0v) is 14.8. The SMILES string of the molecule is Cc1csc(-c2cccc(C(=O)NCCCc3ccc(O)cc3)c2)n1. The van der Waals surface area contributed by atoms with Crippen LogP contribution in [-0.4, -0.2) is 22.5 Å². The second-order valence-corrected chi connectivity index (χ2v) is 6.76. The molecule has 1 heterocycles. The molecule has 128 valence electrons. The van der Waals surface area contributed by atoms with E-state index < -0.39 is 0 Å². The first-order valence-electron chi connectivity index (χ1n) is 8.20. The zero-order chi connectivity index (χ0) is 17.6. The molecule has 3 rings (SSSR count). The number of carbonyl (C=O) groups is 1. The van der Waals surface area contributed by atoms with Crippen molar-refractivity contribution in [2.45, 2.75) is 19.8 Å². The van der Waals surface area contributed by atoms with E-state index in [0.29, 0.717) is 12.1 Å². The molecule has 1 amide bonds. The van der Waals surface area contributed by atoms with E-state index in [2.05, 4.69) is 10.3 Å². The third kappa shape index (κ3) is 4.67. The average molecular weight is 352 g/mol. The van der Waals surface area contributed by atoms with Gasteiger partial charge in [0, 0.05) is 28.7 Å². The number of thiazole rings is 1. The van der Waals surface area contributed by atoms with Gasteiger partial charge in [0.15, 0.2) is 0 Å². The third-order valence-electron chi connectivity index (χ3n) is 3.85. The number of nitrogens with one attached hydrogen (secondary N) is 1. The van der Waals surface area contributed by atoms with E-state index >= 15 is 0 Å². The maximum atomic E-state index is 12.3. The van der Waals surface area contributed by atoms with E-state index in [-0.39, 0.29) is 11.7 Å². The van der Waals surface area contributed by atoms with E-state index in [4.69, 9.17) is 0 Å².